The molecule has 0 unspecified atom stereocenters. The van der Waals surface area contributed by atoms with Crippen molar-refractivity contribution in [2.24, 2.45) is 0 Å². The van der Waals surface area contributed by atoms with E-state index in [0.717, 1.165) is 22.9 Å². The first kappa shape index (κ1) is 24.3. The summed E-state index contributed by atoms with van der Waals surface area (Å²) >= 11 is 0. The van der Waals surface area contributed by atoms with Crippen LogP contribution < -0.4 is 14.8 Å². The molecule has 0 radical (unpaired) electrons. The summed E-state index contributed by atoms with van der Waals surface area (Å²) in [5.74, 6) is -0.379. The van der Waals surface area contributed by atoms with Crippen LogP contribution in [0.15, 0.2) is 66.9 Å². The van der Waals surface area contributed by atoms with Crippen LogP contribution in [0.2, 0.25) is 0 Å². The molecule has 0 bridgehead atoms. The molecule has 35 heavy (non-hydrogen) atoms. The zero-order chi connectivity index (χ0) is 24.8. The van der Waals surface area contributed by atoms with E-state index >= 15 is 0 Å². The van der Waals surface area contributed by atoms with Crippen LogP contribution in [0.5, 0.6) is 11.5 Å². The first-order valence-electron chi connectivity index (χ1n) is 11.6. The zero-order valence-electron chi connectivity index (χ0n) is 19.8. The van der Waals surface area contributed by atoms with Crippen molar-refractivity contribution in [2.75, 3.05) is 20.3 Å². The molecule has 1 atom stereocenters. The van der Waals surface area contributed by atoms with Crippen LogP contribution in [-0.2, 0) is 6.42 Å². The Morgan fingerprint density at radius 1 is 1.14 bits per heavy atom. The number of H-pyrrole nitrogens is 1. The highest BCUT2D eigenvalue weighted by Crippen LogP contribution is 2.32. The molecule has 0 saturated carbocycles. The van der Waals surface area contributed by atoms with E-state index in [9.17, 15) is 14.3 Å². The Hall–Kier alpha value is -3.84. The number of hydrogen-bond acceptors (Lipinski definition) is 4. The van der Waals surface area contributed by atoms with Gasteiger partial charge in [-0.2, -0.15) is 0 Å². The van der Waals surface area contributed by atoms with E-state index in [-0.39, 0.29) is 19.3 Å². The molecule has 0 spiro atoms. The lowest BCUT2D eigenvalue weighted by molar-refractivity contribution is 0.0912. The maximum atomic E-state index is 14.9. The molecule has 7 heteroatoms. The molecule has 0 aliphatic heterocycles. The second-order valence-corrected chi connectivity index (χ2v) is 8.30. The molecule has 1 heterocycles. The maximum absolute atomic E-state index is 14.9. The highest BCUT2D eigenvalue weighted by Gasteiger charge is 2.21. The first-order valence-corrected chi connectivity index (χ1v) is 11.6. The molecule has 184 valence electrons. The molecule has 0 aliphatic carbocycles. The van der Waals surface area contributed by atoms with Gasteiger partial charge in [0, 0.05) is 24.1 Å². The number of aliphatic hydroxyl groups is 1. The molecule has 6 nitrogen and oxygen atoms in total. The summed E-state index contributed by atoms with van der Waals surface area (Å²) < 4.78 is 25.8. The van der Waals surface area contributed by atoms with Crippen LogP contribution in [0.4, 0.5) is 4.39 Å². The largest absolute Gasteiger partial charge is 0.494 e. The normalized spacial score (nSPS) is 11.9. The Kier molecular flexibility index (Phi) is 7.67. The minimum atomic E-state index is -0.516. The Balaban J connectivity index is 0.00000361. The molecule has 3 N–H and O–H groups in total. The average molecular weight is 479 g/mol. The molecule has 0 saturated heterocycles. The molecule has 4 rings (SSSR count). The standard InChI is InChI=1S/C28H29FN2O4.H2/c1-3-13-35-25-12-11-18(22-8-6-10-26(34-2)27(22)29)15-23(25)28(33)31-20(17-32)14-19-16-30-24-9-5-4-7-21(19)24;/h4-12,15-16,20,30,32H,3,13-14,17H2,1-2H3,(H,31,33);1H/t20-;/m0./s1. The fourth-order valence-electron chi connectivity index (χ4n) is 4.09. The van der Waals surface area contributed by atoms with E-state index in [1.54, 1.807) is 36.4 Å². The van der Waals surface area contributed by atoms with Crippen LogP contribution >= 0.6 is 0 Å². The van der Waals surface area contributed by atoms with Crippen LogP contribution in [0.3, 0.4) is 0 Å². The lowest BCUT2D eigenvalue weighted by atomic mass is 10.0. The summed E-state index contributed by atoms with van der Waals surface area (Å²) in [4.78, 5) is 16.6. The highest BCUT2D eigenvalue weighted by atomic mass is 19.1. The Labute approximate surface area is 205 Å². The van der Waals surface area contributed by atoms with Crippen molar-refractivity contribution in [3.8, 4) is 22.6 Å². The second kappa shape index (κ2) is 11.1. The summed E-state index contributed by atoms with van der Waals surface area (Å²) in [7, 11) is 1.41. The van der Waals surface area contributed by atoms with Gasteiger partial charge >= 0.3 is 0 Å². The lowest BCUT2D eigenvalue weighted by Gasteiger charge is -2.18. The van der Waals surface area contributed by atoms with Crippen molar-refractivity contribution < 1.29 is 25.2 Å². The van der Waals surface area contributed by atoms with Gasteiger partial charge < -0.3 is 24.9 Å². The van der Waals surface area contributed by atoms with Crippen molar-refractivity contribution in [1.82, 2.24) is 10.3 Å². The van der Waals surface area contributed by atoms with Crippen molar-refractivity contribution >= 4 is 16.8 Å². The molecular formula is C28H31FN2O4. The summed E-state index contributed by atoms with van der Waals surface area (Å²) in [6.07, 6.45) is 3.11. The van der Waals surface area contributed by atoms with Gasteiger partial charge in [0.1, 0.15) is 5.75 Å². The number of hydrogen-bond donors (Lipinski definition) is 3. The summed E-state index contributed by atoms with van der Waals surface area (Å²) in [6, 6.07) is 17.2. The van der Waals surface area contributed by atoms with E-state index in [1.165, 1.54) is 7.11 Å². The number of para-hydroxylation sites is 1. The lowest BCUT2D eigenvalue weighted by Crippen LogP contribution is -2.39. The van der Waals surface area contributed by atoms with Gasteiger partial charge in [0.05, 0.1) is 31.9 Å². The molecule has 4 aromatic rings. The number of carbonyl (C=O) groups is 1. The summed E-state index contributed by atoms with van der Waals surface area (Å²) in [6.45, 7) is 2.18. The molecule has 0 aliphatic rings. The minimum Gasteiger partial charge on any atom is -0.494 e. The number of amides is 1. The van der Waals surface area contributed by atoms with Crippen LogP contribution in [0, 0.1) is 5.82 Å². The van der Waals surface area contributed by atoms with E-state index in [0.29, 0.717) is 29.9 Å². The quantitative estimate of drug-likeness (QED) is 0.287. The van der Waals surface area contributed by atoms with Gasteiger partial charge in [-0.1, -0.05) is 43.3 Å². The van der Waals surface area contributed by atoms with Crippen molar-refractivity contribution in [2.45, 2.75) is 25.8 Å². The van der Waals surface area contributed by atoms with Gasteiger partial charge in [-0.25, -0.2) is 4.39 Å². The van der Waals surface area contributed by atoms with Gasteiger partial charge in [-0.15, -0.1) is 0 Å². The fraction of sp³-hybridized carbons (Fsp3) is 0.250. The number of carbonyl (C=O) groups excluding carboxylic acids is 1. The van der Waals surface area contributed by atoms with Crippen LogP contribution in [-0.4, -0.2) is 42.4 Å². The molecule has 1 amide bonds. The van der Waals surface area contributed by atoms with Crippen molar-refractivity contribution in [3.05, 3.63) is 83.8 Å². The number of ether oxygens (including phenoxy) is 2. The van der Waals surface area contributed by atoms with Crippen LogP contribution in [0.25, 0.3) is 22.0 Å². The number of nitrogens with one attached hydrogen (secondary N) is 2. The van der Waals surface area contributed by atoms with Crippen molar-refractivity contribution in [3.63, 3.8) is 0 Å². The average Bonchev–Trinajstić information content (AvgIpc) is 3.29. The summed E-state index contributed by atoms with van der Waals surface area (Å²) in [5, 5.41) is 14.0. The van der Waals surface area contributed by atoms with Gasteiger partial charge in [0.15, 0.2) is 11.6 Å². The maximum Gasteiger partial charge on any atom is 0.255 e. The molecule has 1 aromatic heterocycles. The predicted molar refractivity (Wildman–Crippen MR) is 137 cm³/mol. The van der Waals surface area contributed by atoms with E-state index < -0.39 is 17.8 Å². The van der Waals surface area contributed by atoms with Gasteiger partial charge in [0.25, 0.3) is 5.91 Å². The number of rotatable bonds is 10. The molecule has 3 aromatic carbocycles. The second-order valence-electron chi connectivity index (χ2n) is 8.30. The topological polar surface area (TPSA) is 83.6 Å². The monoisotopic (exact) mass is 478 g/mol. The van der Waals surface area contributed by atoms with Gasteiger partial charge in [0.2, 0.25) is 0 Å². The zero-order valence-corrected chi connectivity index (χ0v) is 19.8. The first-order chi connectivity index (χ1) is 17.0. The van der Waals surface area contributed by atoms with E-state index in [4.69, 9.17) is 9.47 Å². The van der Waals surface area contributed by atoms with E-state index in [2.05, 4.69) is 10.3 Å². The van der Waals surface area contributed by atoms with E-state index in [1.807, 2.05) is 37.4 Å². The highest BCUT2D eigenvalue weighted by molar-refractivity contribution is 5.98. The smallest absolute Gasteiger partial charge is 0.255 e. The Morgan fingerprint density at radius 2 is 1.97 bits per heavy atom. The number of benzene rings is 3. The molecular weight excluding hydrogens is 447 g/mol. The van der Waals surface area contributed by atoms with Gasteiger partial charge in [-0.05, 0) is 48.2 Å². The number of fused-ring (bicyclic) bond motifs is 1. The Bertz CT molecular complexity index is 1320. The number of methoxy groups -OCH3 is 1. The molecule has 0 fully saturated rings. The Morgan fingerprint density at radius 3 is 2.74 bits per heavy atom. The predicted octanol–water partition coefficient (Wildman–Crippen LogP) is 5.35. The third-order valence-electron chi connectivity index (χ3n) is 5.88. The number of halogens is 1. The minimum absolute atomic E-state index is 0. The fourth-order valence-corrected chi connectivity index (χ4v) is 4.09. The van der Waals surface area contributed by atoms with Gasteiger partial charge in [-0.3, -0.25) is 4.79 Å². The number of aromatic nitrogens is 1. The van der Waals surface area contributed by atoms with Crippen molar-refractivity contribution in [1.29, 1.82) is 0 Å². The third-order valence-corrected chi connectivity index (χ3v) is 5.88. The summed E-state index contributed by atoms with van der Waals surface area (Å²) in [5.41, 5.74) is 3.10. The number of aromatic amines is 1. The SMILES string of the molecule is CCCOc1ccc(-c2cccc(OC)c2F)cc1C(=O)N[C@H](CO)Cc1c[nH]c2ccccc12.[HH]. The number of aliphatic hydroxyl groups excluding tert-OH is 1. The third kappa shape index (κ3) is 5.30. The van der Waals surface area contributed by atoms with Crippen LogP contribution in [0.1, 0.15) is 30.7 Å².